The predicted octanol–water partition coefficient (Wildman–Crippen LogP) is 6.93. The van der Waals surface area contributed by atoms with Gasteiger partial charge in [0.05, 0.1) is 5.92 Å². The third-order valence-electron chi connectivity index (χ3n) is 5.69. The van der Waals surface area contributed by atoms with Gasteiger partial charge in [-0.3, -0.25) is 4.79 Å². The van der Waals surface area contributed by atoms with Gasteiger partial charge in [0.15, 0.2) is 0 Å². The predicted molar refractivity (Wildman–Crippen MR) is 151 cm³/mol. The van der Waals surface area contributed by atoms with E-state index in [9.17, 15) is 14.4 Å². The minimum atomic E-state index is -1.04. The van der Waals surface area contributed by atoms with E-state index in [-0.39, 0.29) is 13.0 Å². The number of unbranched alkanes of at least 4 members (excludes halogenated alkanes) is 5. The second kappa shape index (κ2) is 16.9. The van der Waals surface area contributed by atoms with Crippen molar-refractivity contribution in [1.82, 2.24) is 5.32 Å². The molecular formula is C31H49NO6. The number of hydrogen-bond donors (Lipinski definition) is 1. The minimum Gasteiger partial charge on any atom is -0.461 e. The lowest BCUT2D eigenvalue weighted by molar-refractivity contribution is -0.158. The molecule has 214 valence electrons. The van der Waals surface area contributed by atoms with Crippen LogP contribution in [0.25, 0.3) is 0 Å². The topological polar surface area (TPSA) is 90.9 Å². The van der Waals surface area contributed by atoms with Crippen LogP contribution >= 0.6 is 0 Å². The zero-order valence-electron chi connectivity index (χ0n) is 24.3. The molecule has 1 rings (SSSR count). The first kappa shape index (κ1) is 33.2. The van der Waals surface area contributed by atoms with Crippen molar-refractivity contribution in [3.8, 4) is 0 Å². The van der Waals surface area contributed by atoms with E-state index in [1.807, 2.05) is 6.07 Å². The highest BCUT2D eigenvalue weighted by Gasteiger charge is 2.33. The number of amides is 1. The van der Waals surface area contributed by atoms with Crippen LogP contribution in [0.2, 0.25) is 0 Å². The monoisotopic (exact) mass is 531 g/mol. The molecule has 0 fully saturated rings. The summed E-state index contributed by atoms with van der Waals surface area (Å²) in [5.41, 5.74) is -0.108. The van der Waals surface area contributed by atoms with Crippen LogP contribution in [0.5, 0.6) is 0 Å². The lowest BCUT2D eigenvalue weighted by atomic mass is 9.93. The van der Waals surface area contributed by atoms with Crippen LogP contribution in [0, 0.1) is 5.92 Å². The number of hydrogen-bond acceptors (Lipinski definition) is 6. The molecule has 0 aromatic heterocycles. The molecule has 1 N–H and O–H groups in total. The van der Waals surface area contributed by atoms with Crippen LogP contribution in [0.1, 0.15) is 98.5 Å². The Morgan fingerprint density at radius 2 is 1.42 bits per heavy atom. The Balaban J connectivity index is 2.69. The number of ether oxygens (including phenoxy) is 3. The van der Waals surface area contributed by atoms with Gasteiger partial charge in [-0.25, -0.2) is 9.59 Å². The molecule has 0 saturated heterocycles. The first-order valence-electron chi connectivity index (χ1n) is 13.8. The van der Waals surface area contributed by atoms with Crippen LogP contribution in [0.15, 0.2) is 43.0 Å². The lowest BCUT2D eigenvalue weighted by Gasteiger charge is -2.28. The molecule has 0 aliphatic rings. The van der Waals surface area contributed by atoms with Crippen LogP contribution in [0.4, 0.5) is 4.79 Å². The Bertz CT molecular complexity index is 853. The zero-order chi connectivity index (χ0) is 28.6. The summed E-state index contributed by atoms with van der Waals surface area (Å²) in [6, 6.07) is 9.46. The van der Waals surface area contributed by atoms with Crippen molar-refractivity contribution < 1.29 is 28.6 Å². The van der Waals surface area contributed by atoms with E-state index in [1.165, 1.54) is 18.1 Å². The Hall–Kier alpha value is -2.83. The van der Waals surface area contributed by atoms with Crippen LogP contribution in [0.3, 0.4) is 0 Å². The highest BCUT2D eigenvalue weighted by Crippen LogP contribution is 2.22. The largest absolute Gasteiger partial charge is 0.461 e. The van der Waals surface area contributed by atoms with E-state index in [0.717, 1.165) is 38.5 Å². The van der Waals surface area contributed by atoms with Crippen LogP contribution in [-0.2, 0) is 30.2 Å². The molecule has 7 heteroatoms. The molecular weight excluding hydrogens is 482 g/mol. The van der Waals surface area contributed by atoms with Gasteiger partial charge in [0.25, 0.3) is 0 Å². The van der Waals surface area contributed by atoms with E-state index in [1.54, 1.807) is 41.5 Å². The van der Waals surface area contributed by atoms with Crippen molar-refractivity contribution in [1.29, 1.82) is 0 Å². The highest BCUT2D eigenvalue weighted by molar-refractivity contribution is 5.83. The maximum Gasteiger partial charge on any atom is 0.408 e. The smallest absolute Gasteiger partial charge is 0.408 e. The van der Waals surface area contributed by atoms with E-state index in [2.05, 4.69) is 36.2 Å². The number of alkyl carbamates (subject to hydrolysis) is 1. The molecule has 0 aliphatic carbocycles. The number of nitrogens with one attached hydrogen (secondary N) is 1. The molecule has 0 heterocycles. The Morgan fingerprint density at radius 1 is 0.842 bits per heavy atom. The summed E-state index contributed by atoms with van der Waals surface area (Å²) < 4.78 is 16.2. The van der Waals surface area contributed by atoms with Crippen molar-refractivity contribution in [3.05, 3.63) is 48.6 Å². The summed E-state index contributed by atoms with van der Waals surface area (Å²) >= 11 is 0. The number of esters is 2. The summed E-state index contributed by atoms with van der Waals surface area (Å²) in [5, 5.41) is 2.61. The molecule has 7 nitrogen and oxygen atoms in total. The van der Waals surface area contributed by atoms with Gasteiger partial charge in [-0.1, -0.05) is 75.1 Å². The average Bonchev–Trinajstić information content (AvgIpc) is 2.81. The van der Waals surface area contributed by atoms with Crippen molar-refractivity contribution in [2.45, 2.75) is 117 Å². The third-order valence-corrected chi connectivity index (χ3v) is 5.69. The lowest BCUT2D eigenvalue weighted by Crippen LogP contribution is -2.47. The summed E-state index contributed by atoms with van der Waals surface area (Å²) in [6.45, 7) is 14.2. The standard InChI is InChI=1S/C31H49NO6/c1-8-22-36-27(33)25(21-17-12-10-9-11-14-18-24-19-15-13-16-20-24)23-26(28(34)37-30(2,3)4)32-29(35)38-31(5,6)7/h8,13,15-16,19-20,25-26H,1,9-12,14,17-18,21-23H2,2-7H3,(H,32,35)/t25-,26-/m0/s1. The first-order valence-corrected chi connectivity index (χ1v) is 13.8. The van der Waals surface area contributed by atoms with Gasteiger partial charge in [-0.15, -0.1) is 0 Å². The Labute approximate surface area is 229 Å². The molecule has 0 saturated carbocycles. The fraction of sp³-hybridized carbons (Fsp3) is 0.645. The van der Waals surface area contributed by atoms with E-state index < -0.39 is 41.2 Å². The van der Waals surface area contributed by atoms with Gasteiger partial charge in [0.2, 0.25) is 0 Å². The second-order valence-electron chi connectivity index (χ2n) is 11.7. The zero-order valence-corrected chi connectivity index (χ0v) is 24.3. The summed E-state index contributed by atoms with van der Waals surface area (Å²) in [7, 11) is 0. The van der Waals surface area contributed by atoms with Crippen molar-refractivity contribution in [2.75, 3.05) is 6.61 Å². The average molecular weight is 532 g/mol. The quantitative estimate of drug-likeness (QED) is 0.108. The first-order chi connectivity index (χ1) is 17.8. The number of carbonyl (C=O) groups excluding carboxylic acids is 3. The van der Waals surface area contributed by atoms with E-state index in [0.29, 0.717) is 6.42 Å². The minimum absolute atomic E-state index is 0.0706. The van der Waals surface area contributed by atoms with Crippen molar-refractivity contribution in [2.24, 2.45) is 5.92 Å². The SMILES string of the molecule is C=CCOC(=O)[C@@H](CCCCCCCCc1ccccc1)C[C@H](NC(=O)OC(C)(C)C)C(=O)OC(C)(C)C. The maximum atomic E-state index is 13.0. The van der Waals surface area contributed by atoms with Crippen molar-refractivity contribution in [3.63, 3.8) is 0 Å². The molecule has 1 aromatic carbocycles. The second-order valence-corrected chi connectivity index (χ2v) is 11.7. The molecule has 1 amide bonds. The number of aryl methyl sites for hydroxylation is 1. The molecule has 0 radical (unpaired) electrons. The summed E-state index contributed by atoms with van der Waals surface area (Å²) in [6.07, 6.45) is 8.83. The summed E-state index contributed by atoms with van der Waals surface area (Å²) in [4.78, 5) is 38.3. The van der Waals surface area contributed by atoms with E-state index in [4.69, 9.17) is 14.2 Å². The van der Waals surface area contributed by atoms with Gasteiger partial charge in [-0.05, 0) is 72.8 Å². The molecule has 0 unspecified atom stereocenters. The van der Waals surface area contributed by atoms with Gasteiger partial charge in [-0.2, -0.15) is 0 Å². The van der Waals surface area contributed by atoms with Gasteiger partial charge < -0.3 is 19.5 Å². The number of rotatable bonds is 16. The normalized spacial score (nSPS) is 13.2. The van der Waals surface area contributed by atoms with Crippen LogP contribution < -0.4 is 5.32 Å². The fourth-order valence-electron chi connectivity index (χ4n) is 3.98. The van der Waals surface area contributed by atoms with Gasteiger partial charge in [0.1, 0.15) is 23.9 Å². The van der Waals surface area contributed by atoms with Gasteiger partial charge in [0, 0.05) is 0 Å². The molecule has 2 atom stereocenters. The number of carbonyl (C=O) groups is 3. The Morgan fingerprint density at radius 3 is 2.00 bits per heavy atom. The summed E-state index contributed by atoms with van der Waals surface area (Å²) in [5.74, 6) is -1.59. The maximum absolute atomic E-state index is 13.0. The van der Waals surface area contributed by atoms with Crippen molar-refractivity contribution >= 4 is 18.0 Å². The highest BCUT2D eigenvalue weighted by atomic mass is 16.6. The third kappa shape index (κ3) is 16.1. The van der Waals surface area contributed by atoms with E-state index >= 15 is 0 Å². The molecule has 1 aromatic rings. The molecule has 0 aliphatic heterocycles. The van der Waals surface area contributed by atoms with Gasteiger partial charge >= 0.3 is 18.0 Å². The molecule has 38 heavy (non-hydrogen) atoms. The Kier molecular flexibility index (Phi) is 14.8. The number of benzene rings is 1. The molecule has 0 spiro atoms. The fourth-order valence-corrected chi connectivity index (χ4v) is 3.98. The van der Waals surface area contributed by atoms with Crippen LogP contribution in [-0.4, -0.2) is 41.9 Å². The molecule has 0 bridgehead atoms.